The number of sulfone groups is 1. The first-order chi connectivity index (χ1) is 8.51. The minimum Gasteiger partial charge on any atom is -0.276 e. The van der Waals surface area contributed by atoms with E-state index in [1.807, 2.05) is 0 Å². The van der Waals surface area contributed by atoms with Crippen molar-refractivity contribution < 1.29 is 13.2 Å². The summed E-state index contributed by atoms with van der Waals surface area (Å²) in [4.78, 5) is 11.9. The summed E-state index contributed by atoms with van der Waals surface area (Å²) in [7, 11) is -4.04. The van der Waals surface area contributed by atoms with Gasteiger partial charge in [0.15, 0.2) is 0 Å². The van der Waals surface area contributed by atoms with Crippen LogP contribution in [-0.2, 0) is 9.84 Å². The van der Waals surface area contributed by atoms with Gasteiger partial charge in [0, 0.05) is 10.6 Å². The second-order valence-electron chi connectivity index (χ2n) is 3.61. The summed E-state index contributed by atoms with van der Waals surface area (Å²) >= 11 is 5.73. The fraction of sp³-hybridized carbons (Fsp3) is 0. The van der Waals surface area contributed by atoms with Crippen molar-refractivity contribution in [2.24, 2.45) is 0 Å². The van der Waals surface area contributed by atoms with Gasteiger partial charge in [-0.05, 0) is 18.2 Å². The molecule has 2 aromatic rings. The Morgan fingerprint density at radius 3 is 2.22 bits per heavy atom. The lowest BCUT2D eigenvalue weighted by atomic mass is 10.2. The molecule has 3 nitrogen and oxygen atoms in total. The largest absolute Gasteiger partial charge is 0.281 e. The molecule has 0 N–H and O–H groups in total. The molecular weight excluding hydrogens is 272 g/mol. The van der Waals surface area contributed by atoms with Crippen LogP contribution < -0.4 is 0 Å². The highest BCUT2D eigenvalue weighted by molar-refractivity contribution is 8.06. The molecule has 0 aliphatic rings. The van der Waals surface area contributed by atoms with Gasteiger partial charge in [-0.15, -0.1) is 0 Å². The highest BCUT2D eigenvalue weighted by Crippen LogP contribution is 2.19. The number of carbonyl (C=O) groups excluding carboxylic acids is 1. The molecule has 0 heterocycles. The van der Waals surface area contributed by atoms with Crippen molar-refractivity contribution in [2.45, 2.75) is 4.90 Å². The Morgan fingerprint density at radius 1 is 0.944 bits per heavy atom. The van der Waals surface area contributed by atoms with Crippen LogP contribution >= 0.6 is 11.6 Å². The molecule has 5 heteroatoms. The second-order valence-corrected chi connectivity index (χ2v) is 5.90. The molecular formula is C13H9ClO3S. The minimum atomic E-state index is -4.04. The van der Waals surface area contributed by atoms with Crippen molar-refractivity contribution in [3.63, 3.8) is 0 Å². The lowest BCUT2D eigenvalue weighted by Gasteiger charge is -2.03. The van der Waals surface area contributed by atoms with Crippen molar-refractivity contribution in [3.8, 4) is 0 Å². The summed E-state index contributed by atoms with van der Waals surface area (Å²) in [6.07, 6.45) is 0. The van der Waals surface area contributed by atoms with Crippen LogP contribution in [-0.4, -0.2) is 13.5 Å². The molecule has 0 amide bonds. The molecule has 0 bridgehead atoms. The molecule has 0 aromatic heterocycles. The lowest BCUT2D eigenvalue weighted by Crippen LogP contribution is -2.15. The van der Waals surface area contributed by atoms with Crippen molar-refractivity contribution in [3.05, 3.63) is 65.2 Å². The van der Waals surface area contributed by atoms with Crippen LogP contribution in [0.2, 0.25) is 5.02 Å². The number of hydrogen-bond donors (Lipinski definition) is 0. The SMILES string of the molecule is O=C(c1ccccc1)S(=O)(=O)c1cccc(Cl)c1. The van der Waals surface area contributed by atoms with Gasteiger partial charge in [0.2, 0.25) is 9.84 Å². The topological polar surface area (TPSA) is 51.2 Å². The zero-order chi connectivity index (χ0) is 13.2. The first-order valence-corrected chi connectivity index (χ1v) is 6.98. The van der Waals surface area contributed by atoms with Crippen LogP contribution in [0.25, 0.3) is 0 Å². The lowest BCUT2D eigenvalue weighted by molar-refractivity contribution is 0.107. The van der Waals surface area contributed by atoms with Gasteiger partial charge in [0.1, 0.15) is 0 Å². The molecule has 0 aliphatic carbocycles. The molecule has 0 saturated heterocycles. The van der Waals surface area contributed by atoms with Gasteiger partial charge in [-0.25, -0.2) is 8.42 Å². The summed E-state index contributed by atoms with van der Waals surface area (Å²) in [5, 5.41) is -0.651. The van der Waals surface area contributed by atoms with Crippen molar-refractivity contribution in [1.82, 2.24) is 0 Å². The maximum Gasteiger partial charge on any atom is 0.281 e. The van der Waals surface area contributed by atoms with Gasteiger partial charge in [-0.1, -0.05) is 48.0 Å². The zero-order valence-electron chi connectivity index (χ0n) is 9.21. The number of benzene rings is 2. The van der Waals surface area contributed by atoms with E-state index in [1.165, 1.54) is 30.3 Å². The van der Waals surface area contributed by atoms with Gasteiger partial charge < -0.3 is 0 Å². The fourth-order valence-corrected chi connectivity index (χ4v) is 2.93. The Bertz CT molecular complexity index is 678. The van der Waals surface area contributed by atoms with E-state index in [0.717, 1.165) is 0 Å². The highest BCUT2D eigenvalue weighted by Gasteiger charge is 2.26. The molecule has 0 radical (unpaired) electrons. The van der Waals surface area contributed by atoms with E-state index < -0.39 is 15.0 Å². The Balaban J connectivity index is 2.47. The molecule has 0 atom stereocenters. The minimum absolute atomic E-state index is 0.0937. The predicted molar refractivity (Wildman–Crippen MR) is 69.4 cm³/mol. The van der Waals surface area contributed by atoms with E-state index >= 15 is 0 Å². The summed E-state index contributed by atoms with van der Waals surface area (Å²) in [6.45, 7) is 0. The second kappa shape index (κ2) is 4.92. The number of rotatable bonds is 2. The third-order valence-electron chi connectivity index (χ3n) is 2.36. The van der Waals surface area contributed by atoms with Gasteiger partial charge in [-0.3, -0.25) is 4.79 Å². The summed E-state index contributed by atoms with van der Waals surface area (Å²) in [5.41, 5.74) is 0.137. The summed E-state index contributed by atoms with van der Waals surface area (Å²) in [5.74, 6) is 0. The van der Waals surface area contributed by atoms with Gasteiger partial charge in [-0.2, -0.15) is 0 Å². The van der Waals surface area contributed by atoms with Crippen LogP contribution in [0.15, 0.2) is 59.5 Å². The smallest absolute Gasteiger partial charge is 0.276 e. The number of hydrogen-bond acceptors (Lipinski definition) is 3. The third-order valence-corrected chi connectivity index (χ3v) is 4.19. The molecule has 0 saturated carbocycles. The average Bonchev–Trinajstić information content (AvgIpc) is 2.39. The molecule has 18 heavy (non-hydrogen) atoms. The van der Waals surface area contributed by atoms with E-state index in [2.05, 4.69) is 0 Å². The molecule has 0 aliphatic heterocycles. The van der Waals surface area contributed by atoms with Crippen LogP contribution in [0.5, 0.6) is 0 Å². The Morgan fingerprint density at radius 2 is 1.61 bits per heavy atom. The van der Waals surface area contributed by atoms with E-state index in [4.69, 9.17) is 11.6 Å². The molecule has 0 fully saturated rings. The molecule has 0 spiro atoms. The first kappa shape index (κ1) is 12.8. The third kappa shape index (κ3) is 2.44. The van der Waals surface area contributed by atoms with E-state index in [9.17, 15) is 13.2 Å². The molecule has 0 unspecified atom stereocenters. The Labute approximate surface area is 110 Å². The first-order valence-electron chi connectivity index (χ1n) is 5.12. The summed E-state index contributed by atoms with van der Waals surface area (Å²) < 4.78 is 24.2. The van der Waals surface area contributed by atoms with Gasteiger partial charge >= 0.3 is 0 Å². The highest BCUT2D eigenvalue weighted by atomic mass is 35.5. The number of carbonyl (C=O) groups is 1. The van der Waals surface area contributed by atoms with E-state index in [0.29, 0.717) is 0 Å². The maximum atomic E-state index is 12.1. The average molecular weight is 281 g/mol. The summed E-state index contributed by atoms with van der Waals surface area (Å²) in [6, 6.07) is 13.5. The zero-order valence-corrected chi connectivity index (χ0v) is 10.8. The van der Waals surface area contributed by atoms with Crippen molar-refractivity contribution in [1.29, 1.82) is 0 Å². The standard InChI is InChI=1S/C13H9ClO3S/c14-11-7-4-8-12(9-11)18(16,17)13(15)10-5-2-1-3-6-10/h1-9H. The van der Waals surface area contributed by atoms with Gasteiger partial charge in [0.05, 0.1) is 4.90 Å². The molecule has 2 aromatic carbocycles. The van der Waals surface area contributed by atoms with E-state index in [-0.39, 0.29) is 15.5 Å². The van der Waals surface area contributed by atoms with E-state index in [1.54, 1.807) is 24.3 Å². The predicted octanol–water partition coefficient (Wildman–Crippen LogP) is 2.95. The van der Waals surface area contributed by atoms with Crippen LogP contribution in [0, 0.1) is 0 Å². The maximum absolute atomic E-state index is 12.1. The van der Waals surface area contributed by atoms with Crippen LogP contribution in [0.1, 0.15) is 10.4 Å². The molecule has 92 valence electrons. The normalized spacial score (nSPS) is 11.2. The monoisotopic (exact) mass is 280 g/mol. The fourth-order valence-electron chi connectivity index (χ4n) is 1.47. The van der Waals surface area contributed by atoms with Crippen molar-refractivity contribution in [2.75, 3.05) is 0 Å². The Hall–Kier alpha value is -1.65. The van der Waals surface area contributed by atoms with Crippen molar-refractivity contribution >= 4 is 26.6 Å². The van der Waals surface area contributed by atoms with Gasteiger partial charge in [0.25, 0.3) is 5.12 Å². The number of halogens is 1. The Kier molecular flexibility index (Phi) is 3.50. The van der Waals surface area contributed by atoms with Crippen LogP contribution in [0.4, 0.5) is 0 Å². The van der Waals surface area contributed by atoms with Crippen LogP contribution in [0.3, 0.4) is 0 Å². The quantitative estimate of drug-likeness (QED) is 0.850. The molecule has 2 rings (SSSR count).